The Kier molecular flexibility index (Phi) is 6.95. The summed E-state index contributed by atoms with van der Waals surface area (Å²) >= 11 is 6.30. The third-order valence-electron chi connectivity index (χ3n) is 6.41. The van der Waals surface area contributed by atoms with E-state index < -0.39 is 17.3 Å². The van der Waals surface area contributed by atoms with Crippen LogP contribution in [0.25, 0.3) is 10.9 Å². The lowest BCUT2D eigenvalue weighted by atomic mass is 10.0. The second-order valence-corrected chi connectivity index (χ2v) is 9.42. The molecule has 1 aliphatic heterocycles. The number of anilines is 1. The predicted molar refractivity (Wildman–Crippen MR) is 141 cm³/mol. The van der Waals surface area contributed by atoms with Crippen molar-refractivity contribution in [3.8, 4) is 6.07 Å². The van der Waals surface area contributed by atoms with Crippen LogP contribution in [0.1, 0.15) is 33.4 Å². The molecule has 1 N–H and O–H groups in total. The number of benzene rings is 2. The van der Waals surface area contributed by atoms with Crippen molar-refractivity contribution in [2.75, 3.05) is 31.1 Å². The van der Waals surface area contributed by atoms with Gasteiger partial charge < -0.3 is 9.88 Å². The number of carbonyl (C=O) groups is 1. The second kappa shape index (κ2) is 10.5. The molecule has 1 saturated heterocycles. The van der Waals surface area contributed by atoms with E-state index in [0.717, 1.165) is 25.2 Å². The molecule has 2 aromatic heterocycles. The van der Waals surface area contributed by atoms with Crippen LogP contribution in [-0.2, 0) is 6.54 Å². The van der Waals surface area contributed by atoms with Gasteiger partial charge in [0.2, 0.25) is 11.7 Å². The summed E-state index contributed by atoms with van der Waals surface area (Å²) in [6.45, 7) is 5.72. The first-order chi connectivity index (χ1) is 17.9. The summed E-state index contributed by atoms with van der Waals surface area (Å²) in [6, 6.07) is 17.5. The van der Waals surface area contributed by atoms with Gasteiger partial charge in [-0.1, -0.05) is 53.6 Å². The number of aromatic nitrogens is 4. The number of nitrogens with zero attached hydrogens (tertiary/aromatic N) is 6. The number of aromatic amines is 1. The fourth-order valence-electron chi connectivity index (χ4n) is 4.42. The summed E-state index contributed by atoms with van der Waals surface area (Å²) < 4.78 is 0. The summed E-state index contributed by atoms with van der Waals surface area (Å²) in [6.07, 6.45) is 1.38. The van der Waals surface area contributed by atoms with Crippen LogP contribution in [-0.4, -0.2) is 56.8 Å². The summed E-state index contributed by atoms with van der Waals surface area (Å²) in [5.74, 6) is -1.69. The third kappa shape index (κ3) is 5.21. The van der Waals surface area contributed by atoms with E-state index in [1.165, 1.54) is 11.8 Å². The zero-order valence-electron chi connectivity index (χ0n) is 20.2. The Balaban J connectivity index is 1.36. The maximum absolute atomic E-state index is 13.4. The maximum Gasteiger partial charge on any atom is 0.258 e. The number of ketones is 1. The molecule has 37 heavy (non-hydrogen) atoms. The van der Waals surface area contributed by atoms with Crippen molar-refractivity contribution in [3.05, 3.63) is 92.7 Å². The molecule has 0 bridgehead atoms. The lowest BCUT2D eigenvalue weighted by Gasteiger charge is -2.34. The Morgan fingerprint density at radius 3 is 2.62 bits per heavy atom. The van der Waals surface area contributed by atoms with Gasteiger partial charge in [0.1, 0.15) is 11.5 Å². The molecule has 2 aromatic carbocycles. The van der Waals surface area contributed by atoms with E-state index in [1.54, 1.807) is 12.1 Å². The number of nitrogens with one attached hydrogen (secondary N) is 1. The highest BCUT2D eigenvalue weighted by Crippen LogP contribution is 2.24. The Labute approximate surface area is 218 Å². The van der Waals surface area contributed by atoms with Crippen LogP contribution in [0.4, 0.5) is 5.95 Å². The minimum atomic E-state index is -1.37. The molecule has 1 fully saturated rings. The van der Waals surface area contributed by atoms with Gasteiger partial charge in [-0.3, -0.25) is 14.5 Å². The minimum absolute atomic E-state index is 0.0375. The van der Waals surface area contributed by atoms with Gasteiger partial charge in [0.25, 0.3) is 5.56 Å². The normalized spacial score (nSPS) is 14.9. The number of H-pyrrole nitrogens is 1. The number of rotatable bonds is 6. The molecular weight excluding hydrogens is 490 g/mol. The molecule has 9 nitrogen and oxygen atoms in total. The number of aryl methyl sites for hydroxylation is 1. The van der Waals surface area contributed by atoms with Crippen molar-refractivity contribution in [1.82, 2.24) is 24.8 Å². The lowest BCUT2D eigenvalue weighted by molar-refractivity contribution is 0.0971. The smallest absolute Gasteiger partial charge is 0.258 e. The molecular formula is C27H24ClN7O2. The fourth-order valence-corrected chi connectivity index (χ4v) is 4.60. The number of hydrogen-bond donors (Lipinski definition) is 1. The van der Waals surface area contributed by atoms with Gasteiger partial charge in [-0.25, -0.2) is 15.0 Å². The number of fused-ring (bicyclic) bond motifs is 1. The van der Waals surface area contributed by atoms with Gasteiger partial charge in [0.15, 0.2) is 5.92 Å². The number of halogens is 1. The molecule has 1 atom stereocenters. The number of hydrogen-bond acceptors (Lipinski definition) is 8. The largest absolute Gasteiger partial charge is 0.338 e. The first-order valence-electron chi connectivity index (χ1n) is 11.9. The van der Waals surface area contributed by atoms with E-state index in [-0.39, 0.29) is 16.5 Å². The van der Waals surface area contributed by atoms with Crippen LogP contribution in [0.3, 0.4) is 0 Å². The molecule has 5 rings (SSSR count). The van der Waals surface area contributed by atoms with Crippen molar-refractivity contribution < 1.29 is 4.79 Å². The number of nitriles is 1. The molecule has 0 radical (unpaired) electrons. The van der Waals surface area contributed by atoms with Crippen molar-refractivity contribution in [1.29, 1.82) is 5.26 Å². The monoisotopic (exact) mass is 513 g/mol. The van der Waals surface area contributed by atoms with Gasteiger partial charge in [-0.05, 0) is 24.6 Å². The zero-order valence-corrected chi connectivity index (χ0v) is 20.9. The van der Waals surface area contributed by atoms with E-state index >= 15 is 0 Å². The second-order valence-electron chi connectivity index (χ2n) is 9.01. The molecule has 3 heterocycles. The van der Waals surface area contributed by atoms with Gasteiger partial charge >= 0.3 is 0 Å². The summed E-state index contributed by atoms with van der Waals surface area (Å²) in [7, 11) is 0. The quantitative estimate of drug-likeness (QED) is 0.389. The van der Waals surface area contributed by atoms with Gasteiger partial charge in [0, 0.05) is 32.7 Å². The van der Waals surface area contributed by atoms with E-state index in [0.29, 0.717) is 29.9 Å². The van der Waals surface area contributed by atoms with Crippen LogP contribution >= 0.6 is 11.6 Å². The minimum Gasteiger partial charge on any atom is -0.338 e. The lowest BCUT2D eigenvalue weighted by Crippen LogP contribution is -2.46. The highest BCUT2D eigenvalue weighted by Gasteiger charge is 2.29. The molecule has 0 unspecified atom stereocenters. The molecule has 10 heteroatoms. The summed E-state index contributed by atoms with van der Waals surface area (Å²) in [5, 5.41) is 10.3. The van der Waals surface area contributed by atoms with E-state index in [4.69, 9.17) is 11.6 Å². The number of carbonyl (C=O) groups excluding carboxylic acids is 1. The number of Topliss-reactive ketones (excluding diaryl/α,β-unsaturated/α-hetero) is 1. The maximum atomic E-state index is 13.4. The highest BCUT2D eigenvalue weighted by atomic mass is 35.5. The van der Waals surface area contributed by atoms with Crippen molar-refractivity contribution in [2.45, 2.75) is 19.4 Å². The van der Waals surface area contributed by atoms with Crippen molar-refractivity contribution in [2.24, 2.45) is 0 Å². The van der Waals surface area contributed by atoms with Crippen molar-refractivity contribution >= 4 is 34.2 Å². The average molecular weight is 514 g/mol. The molecule has 1 aliphatic rings. The van der Waals surface area contributed by atoms with Crippen LogP contribution in [0.15, 0.2) is 59.5 Å². The van der Waals surface area contributed by atoms with Crippen LogP contribution in [0.5, 0.6) is 0 Å². The van der Waals surface area contributed by atoms with E-state index in [2.05, 4.69) is 37.0 Å². The summed E-state index contributed by atoms with van der Waals surface area (Å²) in [4.78, 5) is 46.1. The van der Waals surface area contributed by atoms with E-state index in [9.17, 15) is 14.9 Å². The van der Waals surface area contributed by atoms with Crippen LogP contribution in [0, 0.1) is 18.3 Å². The third-order valence-corrected chi connectivity index (χ3v) is 6.69. The molecule has 0 spiro atoms. The molecule has 4 aromatic rings. The van der Waals surface area contributed by atoms with E-state index in [1.807, 2.05) is 42.2 Å². The Bertz CT molecular complexity index is 1560. The van der Waals surface area contributed by atoms with Crippen LogP contribution < -0.4 is 10.5 Å². The predicted octanol–water partition coefficient (Wildman–Crippen LogP) is 3.49. The van der Waals surface area contributed by atoms with Crippen LogP contribution in [0.2, 0.25) is 5.02 Å². The van der Waals surface area contributed by atoms with Gasteiger partial charge in [0.05, 0.1) is 28.2 Å². The SMILES string of the molecule is Cc1ccc2nc([C@H](C#N)C(=O)c3nc(N4CCN(Cc5ccccc5)CC4)ncc3Cl)[nH]c(=O)c2c1. The standard InChI is InChI=1S/C27H24ClN7O2/c1-17-7-8-22-19(13-17)26(37)33-25(31-22)20(14-29)24(36)23-21(28)15-30-27(32-23)35-11-9-34(10-12-35)16-18-5-3-2-4-6-18/h2-8,13,15,20H,9-12,16H2,1H3,(H,31,33,37)/t20-/m1/s1. The topological polar surface area (TPSA) is 119 Å². The Morgan fingerprint density at radius 1 is 1.14 bits per heavy atom. The average Bonchev–Trinajstić information content (AvgIpc) is 2.91. The Morgan fingerprint density at radius 2 is 1.89 bits per heavy atom. The first-order valence-corrected chi connectivity index (χ1v) is 12.3. The number of piperazine rings is 1. The highest BCUT2D eigenvalue weighted by molar-refractivity contribution is 6.33. The van der Waals surface area contributed by atoms with Crippen molar-refractivity contribution in [3.63, 3.8) is 0 Å². The molecule has 0 aliphatic carbocycles. The molecule has 186 valence electrons. The summed E-state index contributed by atoms with van der Waals surface area (Å²) in [5.41, 5.74) is 2.07. The molecule has 0 saturated carbocycles. The Hall–Kier alpha value is -4.13. The van der Waals surface area contributed by atoms with Gasteiger partial charge in [-0.15, -0.1) is 0 Å². The fraction of sp³-hybridized carbons (Fsp3) is 0.259. The zero-order chi connectivity index (χ0) is 25.9. The van der Waals surface area contributed by atoms with Gasteiger partial charge in [-0.2, -0.15) is 5.26 Å². The first kappa shape index (κ1) is 24.6. The molecule has 0 amide bonds.